The highest BCUT2D eigenvalue weighted by Gasteiger charge is 2.28. The number of fused-ring (bicyclic) bond motifs is 1. The summed E-state index contributed by atoms with van der Waals surface area (Å²) in [5, 5.41) is 24.9. The normalized spacial score (nSPS) is 14.7. The predicted octanol–water partition coefficient (Wildman–Crippen LogP) is 3.99. The Bertz CT molecular complexity index is 1100. The molecule has 1 amide bonds. The first-order chi connectivity index (χ1) is 16.8. The van der Waals surface area contributed by atoms with E-state index in [0.717, 1.165) is 33.6 Å². The maximum absolute atomic E-state index is 12.6. The number of benzene rings is 2. The highest BCUT2D eigenvalue weighted by atomic mass is 32.1. The number of aliphatic hydroxyl groups excluding tert-OH is 2. The molecular formula is C28H35N3O3S. The summed E-state index contributed by atoms with van der Waals surface area (Å²) in [4.78, 5) is 14.5. The van der Waals surface area contributed by atoms with Gasteiger partial charge in [0.05, 0.1) is 13.2 Å². The third kappa shape index (κ3) is 6.36. The first-order valence-electron chi connectivity index (χ1n) is 11.8. The number of hydrogen-bond acceptors (Lipinski definition) is 6. The monoisotopic (exact) mass is 493 g/mol. The SMILES string of the molecule is C=C1C=C(c2ccc(N(CCO)CCO)cc2)C=CNc2ccc(C(=O)NCCS)cc2C1(C)C. The molecule has 0 atom stereocenters. The Hall–Kier alpha value is -3.00. The second-order valence-electron chi connectivity index (χ2n) is 8.95. The average molecular weight is 494 g/mol. The number of anilines is 2. The van der Waals surface area contributed by atoms with Crippen LogP contribution < -0.4 is 15.5 Å². The topological polar surface area (TPSA) is 84.8 Å². The molecule has 1 aliphatic rings. The van der Waals surface area contributed by atoms with E-state index in [-0.39, 0.29) is 19.1 Å². The Labute approximate surface area is 213 Å². The lowest BCUT2D eigenvalue weighted by atomic mass is 9.76. The molecule has 0 fully saturated rings. The predicted molar refractivity (Wildman–Crippen MR) is 148 cm³/mol. The minimum atomic E-state index is -0.432. The van der Waals surface area contributed by atoms with Crippen molar-refractivity contribution in [2.75, 3.05) is 48.8 Å². The van der Waals surface area contributed by atoms with E-state index in [1.54, 1.807) is 0 Å². The molecule has 186 valence electrons. The van der Waals surface area contributed by atoms with Crippen molar-refractivity contribution < 1.29 is 15.0 Å². The van der Waals surface area contributed by atoms with Gasteiger partial charge in [-0.3, -0.25) is 4.79 Å². The lowest BCUT2D eigenvalue weighted by molar-refractivity contribution is 0.0956. The van der Waals surface area contributed by atoms with Gasteiger partial charge in [0, 0.05) is 53.9 Å². The van der Waals surface area contributed by atoms with Crippen molar-refractivity contribution in [3.8, 4) is 0 Å². The molecule has 0 aromatic heterocycles. The molecule has 3 rings (SSSR count). The lowest BCUT2D eigenvalue weighted by Crippen LogP contribution is -2.29. The van der Waals surface area contributed by atoms with E-state index in [1.165, 1.54) is 0 Å². The van der Waals surface area contributed by atoms with Gasteiger partial charge in [-0.25, -0.2) is 0 Å². The van der Waals surface area contributed by atoms with Gasteiger partial charge in [-0.15, -0.1) is 0 Å². The molecule has 1 heterocycles. The summed E-state index contributed by atoms with van der Waals surface area (Å²) < 4.78 is 0. The van der Waals surface area contributed by atoms with Crippen LogP contribution in [-0.4, -0.2) is 54.7 Å². The zero-order valence-corrected chi connectivity index (χ0v) is 21.3. The minimum Gasteiger partial charge on any atom is -0.395 e. The van der Waals surface area contributed by atoms with Crippen LogP contribution in [0.25, 0.3) is 5.57 Å². The van der Waals surface area contributed by atoms with Crippen molar-refractivity contribution in [3.63, 3.8) is 0 Å². The number of nitrogens with zero attached hydrogens (tertiary/aromatic N) is 1. The van der Waals surface area contributed by atoms with E-state index in [9.17, 15) is 15.0 Å². The van der Waals surface area contributed by atoms with E-state index in [0.29, 0.717) is 31.0 Å². The van der Waals surface area contributed by atoms with Crippen molar-refractivity contribution in [1.82, 2.24) is 5.32 Å². The standard InChI is InChI=1S/C28H35N3O3S/c1-20-18-22(21-4-7-24(8-5-21)31(13-15-32)14-16-33)10-11-29-26-9-6-23(27(34)30-12-17-35)19-25(26)28(20,2)3/h4-11,18-19,29,32-33,35H,1,12-17H2,2-3H3,(H,30,34). The molecule has 0 bridgehead atoms. The van der Waals surface area contributed by atoms with Crippen LogP contribution in [0, 0.1) is 0 Å². The Morgan fingerprint density at radius 1 is 1.11 bits per heavy atom. The van der Waals surface area contributed by atoms with Crippen LogP contribution in [0.4, 0.5) is 11.4 Å². The molecule has 0 saturated heterocycles. The summed E-state index contributed by atoms with van der Waals surface area (Å²) in [6, 6.07) is 13.7. The van der Waals surface area contributed by atoms with E-state index < -0.39 is 5.41 Å². The molecule has 0 spiro atoms. The van der Waals surface area contributed by atoms with Crippen LogP contribution in [0.3, 0.4) is 0 Å². The first kappa shape index (κ1) is 26.6. The maximum Gasteiger partial charge on any atom is 0.251 e. The van der Waals surface area contributed by atoms with Crippen molar-refractivity contribution in [1.29, 1.82) is 0 Å². The molecule has 6 nitrogen and oxygen atoms in total. The number of allylic oxidation sites excluding steroid dienone is 4. The number of nitrogens with one attached hydrogen (secondary N) is 2. The molecule has 35 heavy (non-hydrogen) atoms. The van der Waals surface area contributed by atoms with Crippen molar-refractivity contribution in [3.05, 3.63) is 89.7 Å². The third-order valence-electron chi connectivity index (χ3n) is 6.29. The van der Waals surface area contributed by atoms with Crippen LogP contribution in [0.2, 0.25) is 0 Å². The molecule has 0 radical (unpaired) electrons. The van der Waals surface area contributed by atoms with E-state index in [2.05, 4.69) is 49.8 Å². The number of aliphatic hydroxyl groups is 2. The average Bonchev–Trinajstić information content (AvgIpc) is 2.90. The molecule has 0 saturated carbocycles. The fourth-order valence-electron chi connectivity index (χ4n) is 4.07. The van der Waals surface area contributed by atoms with E-state index in [1.807, 2.05) is 59.6 Å². The molecule has 4 N–H and O–H groups in total. The summed E-state index contributed by atoms with van der Waals surface area (Å²) in [5.74, 6) is 0.465. The van der Waals surface area contributed by atoms with Gasteiger partial charge in [-0.2, -0.15) is 12.6 Å². The highest BCUT2D eigenvalue weighted by molar-refractivity contribution is 7.80. The fraction of sp³-hybridized carbons (Fsp3) is 0.321. The van der Waals surface area contributed by atoms with Crippen LogP contribution in [0.1, 0.15) is 35.3 Å². The number of thiol groups is 1. The smallest absolute Gasteiger partial charge is 0.251 e. The lowest BCUT2D eigenvalue weighted by Gasteiger charge is -2.29. The maximum atomic E-state index is 12.6. The number of carbonyl (C=O) groups is 1. The number of rotatable bonds is 9. The number of hydrogen-bond donors (Lipinski definition) is 5. The summed E-state index contributed by atoms with van der Waals surface area (Å²) in [7, 11) is 0. The second-order valence-corrected chi connectivity index (χ2v) is 9.40. The second kappa shape index (κ2) is 12.1. The van der Waals surface area contributed by atoms with Crippen molar-refractivity contribution >= 4 is 35.5 Å². The van der Waals surface area contributed by atoms with Gasteiger partial charge >= 0.3 is 0 Å². The molecule has 1 aliphatic heterocycles. The Kier molecular flexibility index (Phi) is 9.20. The zero-order valence-electron chi connectivity index (χ0n) is 20.4. The van der Waals surface area contributed by atoms with Crippen LogP contribution >= 0.6 is 12.6 Å². The summed E-state index contributed by atoms with van der Waals surface area (Å²) >= 11 is 4.16. The molecule has 0 unspecified atom stereocenters. The zero-order chi connectivity index (χ0) is 25.4. The van der Waals surface area contributed by atoms with Gasteiger partial charge in [-0.1, -0.05) is 38.6 Å². The van der Waals surface area contributed by atoms with Crippen molar-refractivity contribution in [2.24, 2.45) is 0 Å². The Balaban J connectivity index is 1.93. The van der Waals surface area contributed by atoms with Gasteiger partial charge in [0.2, 0.25) is 0 Å². The summed E-state index contributed by atoms with van der Waals surface area (Å²) in [5.41, 5.74) is 5.96. The molecular weight excluding hydrogens is 458 g/mol. The van der Waals surface area contributed by atoms with Gasteiger partial charge in [0.1, 0.15) is 0 Å². The molecule has 2 aromatic carbocycles. The van der Waals surface area contributed by atoms with Gasteiger partial charge < -0.3 is 25.7 Å². The van der Waals surface area contributed by atoms with E-state index >= 15 is 0 Å². The Morgan fingerprint density at radius 3 is 2.43 bits per heavy atom. The highest BCUT2D eigenvalue weighted by Crippen LogP contribution is 2.39. The van der Waals surface area contributed by atoms with Gasteiger partial charge in [0.25, 0.3) is 5.91 Å². The number of carbonyl (C=O) groups excluding carboxylic acids is 1. The molecule has 7 heteroatoms. The van der Waals surface area contributed by atoms with Crippen LogP contribution in [-0.2, 0) is 5.41 Å². The van der Waals surface area contributed by atoms with Gasteiger partial charge in [-0.05, 0) is 58.7 Å². The quantitative estimate of drug-likeness (QED) is 0.341. The van der Waals surface area contributed by atoms with Crippen LogP contribution in [0.5, 0.6) is 0 Å². The minimum absolute atomic E-state index is 0.0232. The van der Waals surface area contributed by atoms with Crippen LogP contribution in [0.15, 0.2) is 73.0 Å². The Morgan fingerprint density at radius 2 is 1.80 bits per heavy atom. The largest absolute Gasteiger partial charge is 0.395 e. The third-order valence-corrected chi connectivity index (χ3v) is 6.52. The summed E-state index contributed by atoms with van der Waals surface area (Å²) in [6.07, 6.45) is 5.99. The first-order valence-corrected chi connectivity index (χ1v) is 12.4. The fourth-order valence-corrected chi connectivity index (χ4v) is 4.18. The molecule has 2 aromatic rings. The molecule has 0 aliphatic carbocycles. The van der Waals surface area contributed by atoms with Crippen molar-refractivity contribution in [2.45, 2.75) is 19.3 Å². The number of amides is 1. The van der Waals surface area contributed by atoms with Gasteiger partial charge in [0.15, 0.2) is 0 Å². The van der Waals surface area contributed by atoms with E-state index in [4.69, 9.17) is 0 Å². The summed E-state index contributed by atoms with van der Waals surface area (Å²) in [6.45, 7) is 10.1.